The van der Waals surface area contributed by atoms with Crippen LogP contribution in [0.25, 0.3) is 0 Å². The molecule has 4 nitrogen and oxygen atoms in total. The zero-order valence-electron chi connectivity index (χ0n) is 12.3. The summed E-state index contributed by atoms with van der Waals surface area (Å²) in [7, 11) is 0. The van der Waals surface area contributed by atoms with Crippen LogP contribution in [0, 0.1) is 11.8 Å². The number of aromatic nitrogens is 1. The Kier molecular flexibility index (Phi) is 3.99. The van der Waals surface area contributed by atoms with Gasteiger partial charge in [-0.2, -0.15) is 4.98 Å². The molecule has 0 spiro atoms. The third-order valence-corrected chi connectivity index (χ3v) is 4.54. The molecule has 2 N–H and O–H groups in total. The Bertz CT molecular complexity index is 451. The van der Waals surface area contributed by atoms with Crippen LogP contribution in [-0.2, 0) is 0 Å². The van der Waals surface area contributed by atoms with Crippen molar-refractivity contribution in [1.29, 1.82) is 0 Å². The average Bonchev–Trinajstić information content (AvgIpc) is 3.31. The zero-order chi connectivity index (χ0) is 13.9. The minimum Gasteiger partial charge on any atom is -0.476 e. The van der Waals surface area contributed by atoms with E-state index in [-0.39, 0.29) is 0 Å². The van der Waals surface area contributed by atoms with Gasteiger partial charge in [0.15, 0.2) is 0 Å². The second-order valence-corrected chi connectivity index (χ2v) is 6.16. The van der Waals surface area contributed by atoms with Gasteiger partial charge in [-0.3, -0.25) is 0 Å². The Balaban J connectivity index is 1.65. The van der Waals surface area contributed by atoms with Gasteiger partial charge < -0.3 is 15.4 Å². The fourth-order valence-corrected chi connectivity index (χ4v) is 2.78. The molecular formula is C16H25N3O. The van der Waals surface area contributed by atoms with Crippen LogP contribution in [0.5, 0.6) is 5.88 Å². The summed E-state index contributed by atoms with van der Waals surface area (Å²) in [6.45, 7) is 5.24. The highest BCUT2D eigenvalue weighted by molar-refractivity contribution is 5.54. The molecule has 1 saturated heterocycles. The number of anilines is 2. The predicted octanol–water partition coefficient (Wildman–Crippen LogP) is 3.08. The number of pyridine rings is 1. The summed E-state index contributed by atoms with van der Waals surface area (Å²) in [6.07, 6.45) is 6.38. The van der Waals surface area contributed by atoms with Crippen LogP contribution < -0.4 is 15.4 Å². The molecular weight excluding hydrogens is 250 g/mol. The molecule has 0 unspecified atom stereocenters. The normalized spacial score (nSPS) is 20.1. The number of hydrogen-bond acceptors (Lipinski definition) is 4. The summed E-state index contributed by atoms with van der Waals surface area (Å²) < 4.78 is 5.77. The van der Waals surface area contributed by atoms with E-state index >= 15 is 0 Å². The first-order chi connectivity index (χ1) is 9.76. The van der Waals surface area contributed by atoms with Crippen LogP contribution in [0.3, 0.4) is 0 Å². The monoisotopic (exact) mass is 275 g/mol. The van der Waals surface area contributed by atoms with Gasteiger partial charge in [-0.05, 0) is 49.7 Å². The average molecular weight is 275 g/mol. The van der Waals surface area contributed by atoms with E-state index in [1.54, 1.807) is 0 Å². The number of nitrogen functional groups attached to an aromatic ring is 1. The van der Waals surface area contributed by atoms with Crippen molar-refractivity contribution in [1.82, 2.24) is 4.98 Å². The van der Waals surface area contributed by atoms with E-state index in [2.05, 4.69) is 16.8 Å². The van der Waals surface area contributed by atoms with Crippen LogP contribution in [0.15, 0.2) is 12.1 Å². The van der Waals surface area contributed by atoms with Crippen molar-refractivity contribution in [2.45, 2.75) is 39.0 Å². The van der Waals surface area contributed by atoms with Crippen molar-refractivity contribution in [2.75, 3.05) is 30.3 Å². The summed E-state index contributed by atoms with van der Waals surface area (Å²) in [5, 5.41) is 0. The fourth-order valence-electron chi connectivity index (χ4n) is 2.78. The lowest BCUT2D eigenvalue weighted by Gasteiger charge is -2.32. The van der Waals surface area contributed by atoms with Crippen LogP contribution in [0.4, 0.5) is 11.5 Å². The molecule has 2 aliphatic rings. The van der Waals surface area contributed by atoms with Gasteiger partial charge in [-0.25, -0.2) is 0 Å². The zero-order valence-corrected chi connectivity index (χ0v) is 12.3. The van der Waals surface area contributed by atoms with Gasteiger partial charge in [-0.1, -0.05) is 13.3 Å². The standard InChI is InChI=1S/C16H25N3O/c1-2-12-7-9-19(10-8-12)15-6-5-14(17)16(18-15)20-11-13-3-4-13/h5-6,12-13H,2-4,7-11,17H2,1H3. The molecule has 3 rings (SSSR count). The molecule has 0 atom stereocenters. The number of hydrogen-bond donors (Lipinski definition) is 1. The molecule has 2 heterocycles. The molecule has 2 fully saturated rings. The molecule has 4 heteroatoms. The third kappa shape index (κ3) is 3.17. The van der Waals surface area contributed by atoms with Crippen molar-refractivity contribution in [3.8, 4) is 5.88 Å². The minimum atomic E-state index is 0.618. The van der Waals surface area contributed by atoms with E-state index in [0.717, 1.165) is 37.4 Å². The highest BCUT2D eigenvalue weighted by Gasteiger charge is 2.23. The number of ether oxygens (including phenoxy) is 1. The first-order valence-corrected chi connectivity index (χ1v) is 7.90. The van der Waals surface area contributed by atoms with Gasteiger partial charge in [0.25, 0.3) is 0 Å². The van der Waals surface area contributed by atoms with E-state index in [1.165, 1.54) is 32.1 Å². The largest absolute Gasteiger partial charge is 0.476 e. The summed E-state index contributed by atoms with van der Waals surface area (Å²) >= 11 is 0. The van der Waals surface area contributed by atoms with Crippen molar-refractivity contribution in [2.24, 2.45) is 11.8 Å². The number of nitrogens with zero attached hydrogens (tertiary/aromatic N) is 2. The first kappa shape index (κ1) is 13.5. The van der Waals surface area contributed by atoms with Crippen LogP contribution in [-0.4, -0.2) is 24.7 Å². The van der Waals surface area contributed by atoms with E-state index < -0.39 is 0 Å². The maximum absolute atomic E-state index is 5.96. The predicted molar refractivity (Wildman–Crippen MR) is 82.1 cm³/mol. The first-order valence-electron chi connectivity index (χ1n) is 7.90. The van der Waals surface area contributed by atoms with E-state index in [0.29, 0.717) is 11.6 Å². The van der Waals surface area contributed by atoms with Crippen LogP contribution >= 0.6 is 0 Å². The molecule has 110 valence electrons. The van der Waals surface area contributed by atoms with Crippen LogP contribution in [0.2, 0.25) is 0 Å². The minimum absolute atomic E-state index is 0.618. The van der Waals surface area contributed by atoms with Crippen molar-refractivity contribution in [3.63, 3.8) is 0 Å². The molecule has 0 amide bonds. The maximum atomic E-state index is 5.96. The summed E-state index contributed by atoms with van der Waals surface area (Å²) in [5.41, 5.74) is 6.61. The maximum Gasteiger partial charge on any atom is 0.239 e. The molecule has 1 aliphatic carbocycles. The molecule has 0 radical (unpaired) electrons. The SMILES string of the molecule is CCC1CCN(c2ccc(N)c(OCC3CC3)n2)CC1. The summed E-state index contributed by atoms with van der Waals surface area (Å²) in [6, 6.07) is 3.95. The van der Waals surface area contributed by atoms with Gasteiger partial charge in [0.05, 0.1) is 12.3 Å². The smallest absolute Gasteiger partial charge is 0.239 e. The Morgan fingerprint density at radius 2 is 1.95 bits per heavy atom. The van der Waals surface area contributed by atoms with Gasteiger partial charge in [0.1, 0.15) is 5.82 Å². The third-order valence-electron chi connectivity index (χ3n) is 4.54. The van der Waals surface area contributed by atoms with Gasteiger partial charge in [0, 0.05) is 13.1 Å². The molecule has 0 aromatic carbocycles. The number of piperidine rings is 1. The lowest BCUT2D eigenvalue weighted by molar-refractivity contribution is 0.290. The van der Waals surface area contributed by atoms with E-state index in [1.807, 2.05) is 12.1 Å². The number of rotatable bonds is 5. The summed E-state index contributed by atoms with van der Waals surface area (Å²) in [4.78, 5) is 6.98. The van der Waals surface area contributed by atoms with Gasteiger partial charge >= 0.3 is 0 Å². The van der Waals surface area contributed by atoms with E-state index in [9.17, 15) is 0 Å². The second-order valence-electron chi connectivity index (χ2n) is 6.16. The van der Waals surface area contributed by atoms with E-state index in [4.69, 9.17) is 10.5 Å². The quantitative estimate of drug-likeness (QED) is 0.897. The van der Waals surface area contributed by atoms with Crippen molar-refractivity contribution in [3.05, 3.63) is 12.1 Å². The topological polar surface area (TPSA) is 51.4 Å². The number of nitrogens with two attached hydrogens (primary N) is 1. The highest BCUT2D eigenvalue weighted by Crippen LogP contribution is 2.32. The second kappa shape index (κ2) is 5.90. The van der Waals surface area contributed by atoms with Crippen LogP contribution in [0.1, 0.15) is 39.0 Å². The van der Waals surface area contributed by atoms with Crippen molar-refractivity contribution < 1.29 is 4.74 Å². The Morgan fingerprint density at radius 3 is 2.60 bits per heavy atom. The Labute approximate surface area is 121 Å². The highest BCUT2D eigenvalue weighted by atomic mass is 16.5. The molecule has 1 saturated carbocycles. The molecule has 1 aromatic rings. The lowest BCUT2D eigenvalue weighted by atomic mass is 9.94. The Morgan fingerprint density at radius 1 is 1.20 bits per heavy atom. The Hall–Kier alpha value is -1.45. The molecule has 20 heavy (non-hydrogen) atoms. The molecule has 1 aliphatic heterocycles. The lowest BCUT2D eigenvalue weighted by Crippen LogP contribution is -2.34. The van der Waals surface area contributed by atoms with Gasteiger partial charge in [0.2, 0.25) is 5.88 Å². The fraction of sp³-hybridized carbons (Fsp3) is 0.688. The summed E-state index contributed by atoms with van der Waals surface area (Å²) in [5.74, 6) is 3.23. The van der Waals surface area contributed by atoms with Crippen molar-refractivity contribution >= 4 is 11.5 Å². The molecule has 0 bridgehead atoms. The molecule has 1 aromatic heterocycles. The van der Waals surface area contributed by atoms with Gasteiger partial charge in [-0.15, -0.1) is 0 Å².